The first-order chi connectivity index (χ1) is 8.70. The van der Waals surface area contributed by atoms with Crippen LogP contribution in [0.3, 0.4) is 0 Å². The summed E-state index contributed by atoms with van der Waals surface area (Å²) < 4.78 is 9.55. The normalized spacial score (nSPS) is 14.7. The lowest BCUT2D eigenvalue weighted by atomic mass is 10.1. The van der Waals surface area contributed by atoms with Crippen molar-refractivity contribution in [2.24, 2.45) is 5.92 Å². The summed E-state index contributed by atoms with van der Waals surface area (Å²) in [5, 5.41) is 2.75. The van der Waals surface area contributed by atoms with Gasteiger partial charge in [-0.3, -0.25) is 9.78 Å². The van der Waals surface area contributed by atoms with Crippen LogP contribution in [0.4, 0.5) is 0 Å². The van der Waals surface area contributed by atoms with Gasteiger partial charge in [-0.1, -0.05) is 0 Å². The van der Waals surface area contributed by atoms with E-state index in [2.05, 4.69) is 15.0 Å². The summed E-state index contributed by atoms with van der Waals surface area (Å²) in [5.74, 6) is -0.530. The molecule has 0 spiro atoms. The Morgan fingerprint density at radius 3 is 2.94 bits per heavy atom. The fourth-order valence-electron chi connectivity index (χ4n) is 1.53. The molecular formula is C12H14N2O4. The highest BCUT2D eigenvalue weighted by Crippen LogP contribution is 2.10. The molecule has 0 radical (unpaired) electrons. The van der Waals surface area contributed by atoms with Gasteiger partial charge in [0.2, 0.25) is 5.91 Å². The molecule has 1 fully saturated rings. The van der Waals surface area contributed by atoms with Gasteiger partial charge in [-0.25, -0.2) is 4.79 Å². The highest BCUT2D eigenvalue weighted by Gasteiger charge is 2.26. The zero-order valence-corrected chi connectivity index (χ0v) is 10.0. The number of ether oxygens (including phenoxy) is 2. The molecule has 18 heavy (non-hydrogen) atoms. The van der Waals surface area contributed by atoms with E-state index in [1.165, 1.54) is 13.3 Å². The maximum Gasteiger partial charge on any atom is 0.337 e. The molecule has 96 valence electrons. The van der Waals surface area contributed by atoms with Crippen LogP contribution in [0, 0.1) is 5.92 Å². The molecule has 1 saturated heterocycles. The fourth-order valence-corrected chi connectivity index (χ4v) is 1.53. The number of amides is 1. The van der Waals surface area contributed by atoms with Gasteiger partial charge >= 0.3 is 5.97 Å². The van der Waals surface area contributed by atoms with E-state index in [0.717, 1.165) is 0 Å². The van der Waals surface area contributed by atoms with Crippen LogP contribution in [-0.2, 0) is 20.8 Å². The summed E-state index contributed by atoms with van der Waals surface area (Å²) in [7, 11) is 1.32. The van der Waals surface area contributed by atoms with E-state index in [1.54, 1.807) is 12.1 Å². The molecule has 0 aromatic carbocycles. The number of hydrogen-bond donors (Lipinski definition) is 1. The second-order valence-corrected chi connectivity index (χ2v) is 3.98. The third-order valence-electron chi connectivity index (χ3n) is 2.69. The van der Waals surface area contributed by atoms with Gasteiger partial charge in [-0.05, 0) is 12.1 Å². The first-order valence-electron chi connectivity index (χ1n) is 5.59. The minimum atomic E-state index is -0.419. The van der Waals surface area contributed by atoms with Gasteiger partial charge in [0.05, 0.1) is 44.0 Å². The Bertz CT molecular complexity index is 457. The van der Waals surface area contributed by atoms with Crippen molar-refractivity contribution in [3.05, 3.63) is 29.6 Å². The molecule has 1 aliphatic heterocycles. The van der Waals surface area contributed by atoms with Gasteiger partial charge in [0.15, 0.2) is 0 Å². The lowest BCUT2D eigenvalue weighted by Crippen LogP contribution is -2.42. The van der Waals surface area contributed by atoms with Crippen molar-refractivity contribution in [2.75, 3.05) is 20.3 Å². The van der Waals surface area contributed by atoms with Crippen LogP contribution in [0.5, 0.6) is 0 Å². The van der Waals surface area contributed by atoms with E-state index in [9.17, 15) is 9.59 Å². The summed E-state index contributed by atoms with van der Waals surface area (Å²) in [6.45, 7) is 1.24. The Labute approximate surface area is 104 Å². The van der Waals surface area contributed by atoms with Crippen molar-refractivity contribution in [2.45, 2.75) is 6.54 Å². The van der Waals surface area contributed by atoms with E-state index in [-0.39, 0.29) is 11.8 Å². The maximum absolute atomic E-state index is 11.6. The van der Waals surface area contributed by atoms with Crippen LogP contribution in [0.25, 0.3) is 0 Å². The van der Waals surface area contributed by atoms with E-state index in [4.69, 9.17) is 4.74 Å². The van der Waals surface area contributed by atoms with E-state index in [1.807, 2.05) is 0 Å². The van der Waals surface area contributed by atoms with Crippen molar-refractivity contribution in [1.82, 2.24) is 10.3 Å². The summed E-state index contributed by atoms with van der Waals surface area (Å²) in [6.07, 6.45) is 1.51. The summed E-state index contributed by atoms with van der Waals surface area (Å²) in [6, 6.07) is 3.17. The van der Waals surface area contributed by atoms with Gasteiger partial charge in [-0.2, -0.15) is 0 Å². The summed E-state index contributed by atoms with van der Waals surface area (Å²) >= 11 is 0. The second-order valence-electron chi connectivity index (χ2n) is 3.98. The topological polar surface area (TPSA) is 77.5 Å². The first-order valence-corrected chi connectivity index (χ1v) is 5.59. The van der Waals surface area contributed by atoms with Crippen LogP contribution in [0.2, 0.25) is 0 Å². The van der Waals surface area contributed by atoms with Crippen LogP contribution < -0.4 is 5.32 Å². The zero-order valence-electron chi connectivity index (χ0n) is 10.0. The number of carbonyl (C=O) groups excluding carboxylic acids is 2. The van der Waals surface area contributed by atoms with Crippen molar-refractivity contribution in [3.8, 4) is 0 Å². The van der Waals surface area contributed by atoms with Gasteiger partial charge < -0.3 is 14.8 Å². The highest BCUT2D eigenvalue weighted by molar-refractivity contribution is 5.89. The van der Waals surface area contributed by atoms with E-state index >= 15 is 0 Å². The molecule has 2 rings (SSSR count). The van der Waals surface area contributed by atoms with Crippen LogP contribution in [0.15, 0.2) is 18.3 Å². The molecule has 0 atom stereocenters. The molecule has 0 aliphatic carbocycles. The lowest BCUT2D eigenvalue weighted by molar-refractivity contribution is -0.139. The lowest BCUT2D eigenvalue weighted by Gasteiger charge is -2.24. The predicted octanol–water partition coefficient (Wildman–Crippen LogP) is 0.131. The fraction of sp³-hybridized carbons (Fsp3) is 0.417. The molecule has 0 bridgehead atoms. The number of methoxy groups -OCH3 is 1. The number of hydrogen-bond acceptors (Lipinski definition) is 5. The third-order valence-corrected chi connectivity index (χ3v) is 2.69. The molecule has 0 saturated carbocycles. The molecule has 1 N–H and O–H groups in total. The molecule has 6 heteroatoms. The van der Waals surface area contributed by atoms with E-state index < -0.39 is 5.97 Å². The van der Waals surface area contributed by atoms with Crippen LogP contribution in [-0.4, -0.2) is 37.2 Å². The van der Waals surface area contributed by atoms with Crippen molar-refractivity contribution in [3.63, 3.8) is 0 Å². The molecule has 0 unspecified atom stereocenters. The van der Waals surface area contributed by atoms with Gasteiger partial charge in [0, 0.05) is 6.20 Å². The zero-order chi connectivity index (χ0) is 13.0. The Kier molecular flexibility index (Phi) is 3.88. The number of esters is 1. The second kappa shape index (κ2) is 5.59. The maximum atomic E-state index is 11.6. The Hall–Kier alpha value is -1.95. The average Bonchev–Trinajstić information content (AvgIpc) is 2.33. The van der Waals surface area contributed by atoms with E-state index in [0.29, 0.717) is 31.0 Å². The molecule has 1 aliphatic rings. The van der Waals surface area contributed by atoms with Crippen molar-refractivity contribution in [1.29, 1.82) is 0 Å². The van der Waals surface area contributed by atoms with Crippen LogP contribution >= 0.6 is 0 Å². The standard InChI is InChI=1S/C12H14N2O4/c1-17-12(16)8-2-3-13-10(4-8)5-14-11(15)9-6-18-7-9/h2-4,9H,5-7H2,1H3,(H,14,15). The van der Waals surface area contributed by atoms with Gasteiger partial charge in [-0.15, -0.1) is 0 Å². The minimum absolute atomic E-state index is 0.0495. The van der Waals surface area contributed by atoms with Gasteiger partial charge in [0.25, 0.3) is 0 Å². The predicted molar refractivity (Wildman–Crippen MR) is 61.7 cm³/mol. The Balaban J connectivity index is 1.92. The van der Waals surface area contributed by atoms with Crippen molar-refractivity contribution < 1.29 is 19.1 Å². The molecule has 1 aromatic rings. The third kappa shape index (κ3) is 2.84. The molecular weight excluding hydrogens is 236 g/mol. The number of rotatable bonds is 4. The number of carbonyl (C=O) groups is 2. The first kappa shape index (κ1) is 12.5. The number of aromatic nitrogens is 1. The highest BCUT2D eigenvalue weighted by atomic mass is 16.5. The molecule has 6 nitrogen and oxygen atoms in total. The smallest absolute Gasteiger partial charge is 0.337 e. The molecule has 1 aromatic heterocycles. The Morgan fingerprint density at radius 2 is 2.33 bits per heavy atom. The summed E-state index contributed by atoms with van der Waals surface area (Å²) in [5.41, 5.74) is 1.04. The van der Waals surface area contributed by atoms with Crippen molar-refractivity contribution >= 4 is 11.9 Å². The minimum Gasteiger partial charge on any atom is -0.465 e. The number of pyridine rings is 1. The monoisotopic (exact) mass is 250 g/mol. The number of nitrogens with one attached hydrogen (secondary N) is 1. The Morgan fingerprint density at radius 1 is 1.56 bits per heavy atom. The SMILES string of the molecule is COC(=O)c1ccnc(CNC(=O)C2COC2)c1. The summed E-state index contributed by atoms with van der Waals surface area (Å²) in [4.78, 5) is 27.0. The van der Waals surface area contributed by atoms with Gasteiger partial charge in [0.1, 0.15) is 0 Å². The number of nitrogens with zero attached hydrogens (tertiary/aromatic N) is 1. The molecule has 2 heterocycles. The quantitative estimate of drug-likeness (QED) is 0.769. The van der Waals surface area contributed by atoms with Crippen LogP contribution in [0.1, 0.15) is 16.1 Å². The molecule has 1 amide bonds. The average molecular weight is 250 g/mol. The largest absolute Gasteiger partial charge is 0.465 e.